The van der Waals surface area contributed by atoms with E-state index in [0.29, 0.717) is 5.82 Å². The van der Waals surface area contributed by atoms with Crippen LogP contribution in [0.4, 0.5) is 5.82 Å². The number of hydrogen-bond acceptors (Lipinski definition) is 7. The smallest absolute Gasteiger partial charge is 0.184 e. The van der Waals surface area contributed by atoms with Crippen molar-refractivity contribution in [1.82, 2.24) is 20.4 Å². The summed E-state index contributed by atoms with van der Waals surface area (Å²) in [6.45, 7) is 4.02. The molecule has 0 spiro atoms. The SMILES string of the molecule is Cc1cc(C)c2c(n1)sc1c(NN)nnnc12. The standard InChI is InChI=1S/C10H10N6S/c1-4-3-5(2)12-10-6(4)7-8(17-10)9(13-11)15-16-14-7/h3H,11H2,1-2H3,(H,13,14,15). The van der Waals surface area contributed by atoms with Crippen LogP contribution in [0.3, 0.4) is 0 Å². The highest BCUT2D eigenvalue weighted by Crippen LogP contribution is 2.35. The van der Waals surface area contributed by atoms with Crippen LogP contribution >= 0.6 is 11.3 Å². The number of aryl methyl sites for hydroxylation is 2. The summed E-state index contributed by atoms with van der Waals surface area (Å²) in [5.41, 5.74) is 5.47. The first-order valence-electron chi connectivity index (χ1n) is 5.07. The second-order valence-electron chi connectivity index (χ2n) is 3.82. The van der Waals surface area contributed by atoms with Gasteiger partial charge in [-0.3, -0.25) is 0 Å². The van der Waals surface area contributed by atoms with Gasteiger partial charge < -0.3 is 5.43 Å². The van der Waals surface area contributed by atoms with Gasteiger partial charge in [0.15, 0.2) is 5.82 Å². The highest BCUT2D eigenvalue weighted by molar-refractivity contribution is 7.26. The quantitative estimate of drug-likeness (QED) is 0.500. The van der Waals surface area contributed by atoms with Gasteiger partial charge in [-0.2, -0.15) is 0 Å². The monoisotopic (exact) mass is 246 g/mol. The molecule has 6 nitrogen and oxygen atoms in total. The number of pyridine rings is 1. The average Bonchev–Trinajstić information content (AvgIpc) is 2.66. The first-order chi connectivity index (χ1) is 8.20. The summed E-state index contributed by atoms with van der Waals surface area (Å²) in [6.07, 6.45) is 0. The van der Waals surface area contributed by atoms with Crippen molar-refractivity contribution in [2.45, 2.75) is 13.8 Å². The van der Waals surface area contributed by atoms with Crippen molar-refractivity contribution in [2.24, 2.45) is 5.84 Å². The maximum atomic E-state index is 5.41. The van der Waals surface area contributed by atoms with Crippen LogP contribution in [0.15, 0.2) is 6.07 Å². The minimum absolute atomic E-state index is 0.537. The van der Waals surface area contributed by atoms with E-state index in [2.05, 4.69) is 25.8 Å². The fourth-order valence-corrected chi connectivity index (χ4v) is 3.11. The number of nitrogen functional groups attached to an aromatic ring is 1. The lowest BCUT2D eigenvalue weighted by Gasteiger charge is -1.98. The molecular weight excluding hydrogens is 236 g/mol. The fraction of sp³-hybridized carbons (Fsp3) is 0.200. The summed E-state index contributed by atoms with van der Waals surface area (Å²) in [5.74, 6) is 5.95. The third-order valence-electron chi connectivity index (χ3n) is 2.60. The third kappa shape index (κ3) is 1.43. The number of nitrogens with two attached hydrogens (primary N) is 1. The Hall–Kier alpha value is -1.86. The van der Waals surface area contributed by atoms with E-state index in [1.807, 2.05) is 19.9 Å². The topological polar surface area (TPSA) is 89.6 Å². The van der Waals surface area contributed by atoms with E-state index in [0.717, 1.165) is 31.7 Å². The first kappa shape index (κ1) is 10.3. The number of nitrogens with zero attached hydrogens (tertiary/aromatic N) is 4. The lowest BCUT2D eigenvalue weighted by atomic mass is 10.1. The van der Waals surface area contributed by atoms with Crippen LogP contribution in [0.2, 0.25) is 0 Å². The maximum Gasteiger partial charge on any atom is 0.184 e. The van der Waals surface area contributed by atoms with Crippen molar-refractivity contribution in [1.29, 1.82) is 0 Å². The predicted molar refractivity (Wildman–Crippen MR) is 67.8 cm³/mol. The number of anilines is 1. The first-order valence-corrected chi connectivity index (χ1v) is 5.89. The molecule has 0 aliphatic carbocycles. The Bertz CT molecular complexity index is 719. The molecule has 0 fully saturated rings. The van der Waals surface area contributed by atoms with Crippen molar-refractivity contribution in [2.75, 3.05) is 5.43 Å². The van der Waals surface area contributed by atoms with E-state index < -0.39 is 0 Å². The van der Waals surface area contributed by atoms with E-state index in [4.69, 9.17) is 5.84 Å². The minimum Gasteiger partial charge on any atom is -0.306 e. The zero-order chi connectivity index (χ0) is 12.0. The van der Waals surface area contributed by atoms with E-state index in [1.165, 1.54) is 11.3 Å². The fourth-order valence-electron chi connectivity index (χ4n) is 1.93. The molecule has 0 bridgehead atoms. The van der Waals surface area contributed by atoms with Gasteiger partial charge in [0.05, 0.1) is 0 Å². The molecule has 0 radical (unpaired) electrons. The van der Waals surface area contributed by atoms with Gasteiger partial charge in [0.1, 0.15) is 15.0 Å². The van der Waals surface area contributed by atoms with Crippen molar-refractivity contribution in [3.8, 4) is 0 Å². The zero-order valence-electron chi connectivity index (χ0n) is 9.35. The highest BCUT2D eigenvalue weighted by Gasteiger charge is 2.14. The van der Waals surface area contributed by atoms with Crippen LogP contribution in [-0.2, 0) is 0 Å². The van der Waals surface area contributed by atoms with Crippen LogP contribution < -0.4 is 11.3 Å². The highest BCUT2D eigenvalue weighted by atomic mass is 32.1. The molecule has 0 saturated carbocycles. The Labute approximate surface area is 101 Å². The van der Waals surface area contributed by atoms with Crippen molar-refractivity contribution in [3.63, 3.8) is 0 Å². The Morgan fingerprint density at radius 3 is 2.88 bits per heavy atom. The van der Waals surface area contributed by atoms with E-state index in [9.17, 15) is 0 Å². The van der Waals surface area contributed by atoms with Gasteiger partial charge >= 0.3 is 0 Å². The zero-order valence-corrected chi connectivity index (χ0v) is 10.2. The van der Waals surface area contributed by atoms with E-state index in [1.54, 1.807) is 0 Å². The molecule has 17 heavy (non-hydrogen) atoms. The molecule has 3 N–H and O–H groups in total. The minimum atomic E-state index is 0.537. The van der Waals surface area contributed by atoms with Gasteiger partial charge in [-0.15, -0.1) is 21.5 Å². The summed E-state index contributed by atoms with van der Waals surface area (Å²) >= 11 is 1.52. The second-order valence-corrected chi connectivity index (χ2v) is 4.82. The lowest BCUT2D eigenvalue weighted by Crippen LogP contribution is -2.09. The van der Waals surface area contributed by atoms with E-state index in [-0.39, 0.29) is 0 Å². The number of hydrazine groups is 1. The van der Waals surface area contributed by atoms with Gasteiger partial charge in [0, 0.05) is 11.1 Å². The van der Waals surface area contributed by atoms with Crippen LogP contribution in [0.25, 0.3) is 20.4 Å². The van der Waals surface area contributed by atoms with Crippen LogP contribution in [0, 0.1) is 13.8 Å². The largest absolute Gasteiger partial charge is 0.306 e. The van der Waals surface area contributed by atoms with Gasteiger partial charge in [-0.1, -0.05) is 0 Å². The molecule has 0 aliphatic rings. The molecule has 3 aromatic rings. The number of hydrogen-bond donors (Lipinski definition) is 2. The van der Waals surface area contributed by atoms with Gasteiger partial charge in [0.2, 0.25) is 0 Å². The molecular formula is C10H10N6S. The summed E-state index contributed by atoms with van der Waals surface area (Å²) in [7, 11) is 0. The molecule has 0 unspecified atom stereocenters. The third-order valence-corrected chi connectivity index (χ3v) is 3.68. The molecule has 0 aromatic carbocycles. The predicted octanol–water partition coefficient (Wildman–Crippen LogP) is 1.54. The molecule has 0 saturated heterocycles. The van der Waals surface area contributed by atoms with Crippen LogP contribution in [-0.4, -0.2) is 20.4 Å². The lowest BCUT2D eigenvalue weighted by molar-refractivity contribution is 0.898. The second kappa shape index (κ2) is 3.57. The normalized spacial score (nSPS) is 11.2. The van der Waals surface area contributed by atoms with Gasteiger partial charge in [-0.05, 0) is 30.7 Å². The Kier molecular flexibility index (Phi) is 2.17. The molecule has 86 valence electrons. The number of thiophene rings is 1. The van der Waals surface area contributed by atoms with Crippen LogP contribution in [0.5, 0.6) is 0 Å². The molecule has 0 amide bonds. The van der Waals surface area contributed by atoms with Crippen LogP contribution in [0.1, 0.15) is 11.3 Å². The number of rotatable bonds is 1. The molecule has 3 heterocycles. The summed E-state index contributed by atoms with van der Waals surface area (Å²) in [5, 5.41) is 12.7. The summed E-state index contributed by atoms with van der Waals surface area (Å²) < 4.78 is 0.888. The van der Waals surface area contributed by atoms with Crippen molar-refractivity contribution in [3.05, 3.63) is 17.3 Å². The Morgan fingerprint density at radius 1 is 1.29 bits per heavy atom. The molecule has 0 atom stereocenters. The Balaban J connectivity index is 2.54. The molecule has 0 aliphatic heterocycles. The number of fused-ring (bicyclic) bond motifs is 3. The number of aromatic nitrogens is 4. The van der Waals surface area contributed by atoms with Crippen molar-refractivity contribution < 1.29 is 0 Å². The number of nitrogens with one attached hydrogen (secondary N) is 1. The summed E-state index contributed by atoms with van der Waals surface area (Å²) in [6, 6.07) is 2.03. The molecule has 7 heteroatoms. The summed E-state index contributed by atoms with van der Waals surface area (Å²) in [4.78, 5) is 5.44. The van der Waals surface area contributed by atoms with Gasteiger partial charge in [-0.25, -0.2) is 10.8 Å². The molecule has 3 aromatic heterocycles. The average molecular weight is 246 g/mol. The van der Waals surface area contributed by atoms with Crippen molar-refractivity contribution >= 4 is 37.6 Å². The molecule has 3 rings (SSSR count). The Morgan fingerprint density at radius 2 is 2.12 bits per heavy atom. The van der Waals surface area contributed by atoms with E-state index >= 15 is 0 Å². The van der Waals surface area contributed by atoms with Gasteiger partial charge in [0.25, 0.3) is 0 Å². The maximum absolute atomic E-state index is 5.41.